The number of carbonyl (C=O) groups is 1. The van der Waals surface area contributed by atoms with E-state index >= 15 is 0 Å². The Bertz CT molecular complexity index is 648. The fraction of sp³-hybridized carbons (Fsp3) is 0.389. The average molecular weight is 315 g/mol. The molecule has 3 rings (SSSR count). The smallest absolute Gasteiger partial charge is 0.270 e. The maximum atomic E-state index is 14.0. The van der Waals surface area contributed by atoms with Crippen LogP contribution in [0.1, 0.15) is 28.9 Å². The highest BCUT2D eigenvalue weighted by molar-refractivity contribution is 5.92. The molecule has 23 heavy (non-hydrogen) atoms. The van der Waals surface area contributed by atoms with Crippen LogP contribution in [0.25, 0.3) is 0 Å². The molecule has 1 aromatic carbocycles. The van der Waals surface area contributed by atoms with Crippen LogP contribution in [0.2, 0.25) is 0 Å². The molecule has 1 aliphatic rings. The summed E-state index contributed by atoms with van der Waals surface area (Å²) in [5.41, 5.74) is 1.12. The summed E-state index contributed by atoms with van der Waals surface area (Å²) in [5.74, 6) is -0.322. The van der Waals surface area contributed by atoms with E-state index in [1.165, 1.54) is 6.07 Å². The number of nitrogens with zero attached hydrogens (tertiary/aromatic N) is 2. The van der Waals surface area contributed by atoms with Crippen LogP contribution in [0.15, 0.2) is 42.6 Å². The molecule has 122 valence electrons. The van der Waals surface area contributed by atoms with Crippen molar-refractivity contribution in [2.75, 3.05) is 20.1 Å². The molecule has 0 atom stereocenters. The normalized spacial score (nSPS) is 16.4. The van der Waals surface area contributed by atoms with Crippen LogP contribution in [0.5, 0.6) is 0 Å². The predicted molar refractivity (Wildman–Crippen MR) is 87.6 cm³/mol. The van der Waals surface area contributed by atoms with Crippen molar-refractivity contribution in [2.45, 2.75) is 25.4 Å². The summed E-state index contributed by atoms with van der Waals surface area (Å²) in [4.78, 5) is 19.9. The number of rotatable bonds is 4. The van der Waals surface area contributed by atoms with E-state index in [1.807, 2.05) is 17.0 Å². The minimum Gasteiger partial charge on any atom is -0.357 e. The molecule has 1 fully saturated rings. The standard InChI is InChI=1S/C18H22FN3O/c1-21-11-8-15(9-12-21)22(18(23)17-7-4-10-20-17)13-14-5-2-3-6-16(14)19/h2-7,10,15,20H,8-9,11-13H2,1H3. The molecule has 1 saturated heterocycles. The van der Waals surface area contributed by atoms with Crippen molar-refractivity contribution in [1.82, 2.24) is 14.8 Å². The highest BCUT2D eigenvalue weighted by atomic mass is 19.1. The van der Waals surface area contributed by atoms with Crippen molar-refractivity contribution < 1.29 is 9.18 Å². The SMILES string of the molecule is CN1CCC(N(Cc2ccccc2F)C(=O)c2ccc[nH]2)CC1. The van der Waals surface area contributed by atoms with Crippen LogP contribution < -0.4 is 0 Å². The number of piperidine rings is 1. The topological polar surface area (TPSA) is 39.3 Å². The number of halogens is 1. The van der Waals surface area contributed by atoms with E-state index in [0.717, 1.165) is 25.9 Å². The van der Waals surface area contributed by atoms with Gasteiger partial charge in [-0.25, -0.2) is 4.39 Å². The summed E-state index contributed by atoms with van der Waals surface area (Å²) in [6.07, 6.45) is 3.57. The summed E-state index contributed by atoms with van der Waals surface area (Å²) in [6, 6.07) is 10.4. The Morgan fingerprint density at radius 1 is 1.26 bits per heavy atom. The summed E-state index contributed by atoms with van der Waals surface area (Å²) < 4.78 is 14.0. The molecule has 5 heteroatoms. The van der Waals surface area contributed by atoms with Gasteiger partial charge in [-0.05, 0) is 51.2 Å². The fourth-order valence-electron chi connectivity index (χ4n) is 3.10. The van der Waals surface area contributed by atoms with Crippen LogP contribution in [0.4, 0.5) is 4.39 Å². The Hall–Kier alpha value is -2.14. The van der Waals surface area contributed by atoms with Crippen molar-refractivity contribution in [3.63, 3.8) is 0 Å². The molecule has 1 N–H and O–H groups in total. The lowest BCUT2D eigenvalue weighted by Crippen LogP contribution is -2.46. The average Bonchev–Trinajstić information content (AvgIpc) is 3.09. The molecule has 0 unspecified atom stereocenters. The summed E-state index contributed by atoms with van der Waals surface area (Å²) in [5, 5.41) is 0. The number of aromatic nitrogens is 1. The first-order chi connectivity index (χ1) is 11.1. The third-order valence-corrected chi connectivity index (χ3v) is 4.52. The van der Waals surface area contributed by atoms with E-state index in [1.54, 1.807) is 24.4 Å². The van der Waals surface area contributed by atoms with Gasteiger partial charge >= 0.3 is 0 Å². The largest absolute Gasteiger partial charge is 0.357 e. The molecule has 0 radical (unpaired) electrons. The third kappa shape index (κ3) is 3.62. The van der Waals surface area contributed by atoms with Crippen LogP contribution in [-0.2, 0) is 6.54 Å². The molecule has 0 saturated carbocycles. The zero-order chi connectivity index (χ0) is 16.2. The summed E-state index contributed by atoms with van der Waals surface area (Å²) in [6.45, 7) is 2.21. The number of carbonyl (C=O) groups excluding carboxylic acids is 1. The second kappa shape index (κ2) is 6.96. The van der Waals surface area contributed by atoms with Crippen LogP contribution >= 0.6 is 0 Å². The van der Waals surface area contributed by atoms with Crippen molar-refractivity contribution in [3.8, 4) is 0 Å². The van der Waals surface area contributed by atoms with Gasteiger partial charge in [0.2, 0.25) is 0 Å². The van der Waals surface area contributed by atoms with Gasteiger partial charge in [-0.1, -0.05) is 18.2 Å². The van der Waals surface area contributed by atoms with E-state index in [4.69, 9.17) is 0 Å². The Balaban J connectivity index is 1.84. The van der Waals surface area contributed by atoms with E-state index in [0.29, 0.717) is 17.8 Å². The number of likely N-dealkylation sites (tertiary alicyclic amines) is 1. The van der Waals surface area contributed by atoms with Crippen LogP contribution in [-0.4, -0.2) is 46.9 Å². The maximum Gasteiger partial charge on any atom is 0.270 e. The van der Waals surface area contributed by atoms with Crippen molar-refractivity contribution in [2.24, 2.45) is 0 Å². The fourth-order valence-corrected chi connectivity index (χ4v) is 3.10. The Labute approximate surface area is 135 Å². The number of hydrogen-bond donors (Lipinski definition) is 1. The molecule has 4 nitrogen and oxygen atoms in total. The number of nitrogens with one attached hydrogen (secondary N) is 1. The van der Waals surface area contributed by atoms with Crippen molar-refractivity contribution in [1.29, 1.82) is 0 Å². The number of aromatic amines is 1. The van der Waals surface area contributed by atoms with Crippen LogP contribution in [0, 0.1) is 5.82 Å². The van der Waals surface area contributed by atoms with E-state index in [2.05, 4.69) is 16.9 Å². The second-order valence-electron chi connectivity index (χ2n) is 6.14. The molecule has 1 amide bonds. The van der Waals surface area contributed by atoms with Gasteiger partial charge in [0.25, 0.3) is 5.91 Å². The molecule has 1 aliphatic heterocycles. The zero-order valence-electron chi connectivity index (χ0n) is 13.3. The van der Waals surface area contributed by atoms with Gasteiger partial charge in [-0.15, -0.1) is 0 Å². The van der Waals surface area contributed by atoms with E-state index < -0.39 is 0 Å². The highest BCUT2D eigenvalue weighted by Gasteiger charge is 2.28. The Kier molecular flexibility index (Phi) is 4.76. The van der Waals surface area contributed by atoms with Gasteiger partial charge in [-0.2, -0.15) is 0 Å². The molecular formula is C18H22FN3O. The molecule has 2 heterocycles. The van der Waals surface area contributed by atoms with Gasteiger partial charge in [-0.3, -0.25) is 4.79 Å². The summed E-state index contributed by atoms with van der Waals surface area (Å²) >= 11 is 0. The quantitative estimate of drug-likeness (QED) is 0.942. The van der Waals surface area contributed by atoms with Gasteiger partial charge in [0.1, 0.15) is 11.5 Å². The lowest BCUT2D eigenvalue weighted by molar-refractivity contribution is 0.0562. The first-order valence-electron chi connectivity index (χ1n) is 8.01. The van der Waals surface area contributed by atoms with Crippen molar-refractivity contribution in [3.05, 3.63) is 59.7 Å². The maximum absolute atomic E-state index is 14.0. The molecule has 0 aliphatic carbocycles. The number of H-pyrrole nitrogens is 1. The first-order valence-corrected chi connectivity index (χ1v) is 8.01. The minimum absolute atomic E-state index is 0.0622. The Morgan fingerprint density at radius 2 is 2.00 bits per heavy atom. The highest BCUT2D eigenvalue weighted by Crippen LogP contribution is 2.21. The lowest BCUT2D eigenvalue weighted by atomic mass is 10.0. The molecule has 0 bridgehead atoms. The van der Waals surface area contributed by atoms with Gasteiger partial charge < -0.3 is 14.8 Å². The van der Waals surface area contributed by atoms with Gasteiger partial charge in [0.15, 0.2) is 0 Å². The lowest BCUT2D eigenvalue weighted by Gasteiger charge is -2.37. The second-order valence-corrected chi connectivity index (χ2v) is 6.14. The Morgan fingerprint density at radius 3 is 2.65 bits per heavy atom. The van der Waals surface area contributed by atoms with E-state index in [9.17, 15) is 9.18 Å². The summed E-state index contributed by atoms with van der Waals surface area (Å²) in [7, 11) is 2.09. The molecule has 0 spiro atoms. The molecular weight excluding hydrogens is 293 g/mol. The monoisotopic (exact) mass is 315 g/mol. The predicted octanol–water partition coefficient (Wildman–Crippen LogP) is 2.89. The number of benzene rings is 1. The van der Waals surface area contributed by atoms with Crippen LogP contribution in [0.3, 0.4) is 0 Å². The number of amides is 1. The van der Waals surface area contributed by atoms with Crippen molar-refractivity contribution >= 4 is 5.91 Å². The third-order valence-electron chi connectivity index (χ3n) is 4.52. The molecule has 2 aromatic rings. The number of hydrogen-bond acceptors (Lipinski definition) is 2. The van der Waals surface area contributed by atoms with Gasteiger partial charge in [0.05, 0.1) is 0 Å². The van der Waals surface area contributed by atoms with E-state index in [-0.39, 0.29) is 17.8 Å². The van der Waals surface area contributed by atoms with Gasteiger partial charge in [0, 0.05) is 24.3 Å². The zero-order valence-corrected chi connectivity index (χ0v) is 13.3. The minimum atomic E-state index is -0.260. The first kappa shape index (κ1) is 15.7. The molecule has 1 aromatic heterocycles.